The molecule has 0 bridgehead atoms. The lowest BCUT2D eigenvalue weighted by Crippen LogP contribution is -2.42. The molecule has 0 unspecified atom stereocenters. The highest BCUT2D eigenvalue weighted by Crippen LogP contribution is 2.29. The van der Waals surface area contributed by atoms with E-state index in [2.05, 4.69) is 26.1 Å². The standard InChI is InChI=1S/C19H25NO4S3/c1-19(2,3)14-6-8-16(9-7-14)27(23,24)18-13-26(21,22)12-17(18)20-11-15-5-4-10-25-15/h4-10,17-18,20H,11-13H2,1-3H3/t17-,18-/m0/s1. The smallest absolute Gasteiger partial charge is 0.183 e. The molecule has 2 aromatic rings. The predicted octanol–water partition coefficient (Wildman–Crippen LogP) is 2.77. The Bertz CT molecular complexity index is 986. The number of rotatable bonds is 5. The molecule has 148 valence electrons. The lowest BCUT2D eigenvalue weighted by molar-refractivity contribution is 0.527. The first-order valence-corrected chi connectivity index (χ1v) is 13.0. The van der Waals surface area contributed by atoms with E-state index in [-0.39, 0.29) is 21.8 Å². The number of sulfone groups is 2. The predicted molar refractivity (Wildman–Crippen MR) is 110 cm³/mol. The molecule has 5 nitrogen and oxygen atoms in total. The molecule has 1 fully saturated rings. The summed E-state index contributed by atoms with van der Waals surface area (Å²) < 4.78 is 50.7. The topological polar surface area (TPSA) is 80.3 Å². The van der Waals surface area contributed by atoms with Gasteiger partial charge in [-0.05, 0) is 34.6 Å². The van der Waals surface area contributed by atoms with Crippen LogP contribution in [0, 0.1) is 0 Å². The van der Waals surface area contributed by atoms with Gasteiger partial charge in [0.2, 0.25) is 0 Å². The van der Waals surface area contributed by atoms with Crippen molar-refractivity contribution < 1.29 is 16.8 Å². The Balaban J connectivity index is 1.86. The largest absolute Gasteiger partial charge is 0.307 e. The van der Waals surface area contributed by atoms with Crippen LogP contribution < -0.4 is 5.32 Å². The Hall–Kier alpha value is -1.22. The van der Waals surface area contributed by atoms with E-state index in [0.717, 1.165) is 10.4 Å². The number of nitrogens with one attached hydrogen (secondary N) is 1. The van der Waals surface area contributed by atoms with E-state index in [0.29, 0.717) is 6.54 Å². The lowest BCUT2D eigenvalue weighted by atomic mass is 9.87. The molecule has 1 aromatic heterocycles. The first-order chi connectivity index (χ1) is 12.5. The quantitative estimate of drug-likeness (QED) is 0.794. The van der Waals surface area contributed by atoms with Gasteiger partial charge in [-0.15, -0.1) is 11.3 Å². The molecular formula is C19H25NO4S3. The minimum Gasteiger partial charge on any atom is -0.307 e. The van der Waals surface area contributed by atoms with Crippen LogP contribution in [0.4, 0.5) is 0 Å². The Morgan fingerprint density at radius 3 is 2.33 bits per heavy atom. The van der Waals surface area contributed by atoms with Gasteiger partial charge in [0.1, 0.15) is 0 Å². The van der Waals surface area contributed by atoms with E-state index in [4.69, 9.17) is 0 Å². The summed E-state index contributed by atoms with van der Waals surface area (Å²) in [6.07, 6.45) is 0. The number of thiophene rings is 1. The van der Waals surface area contributed by atoms with Crippen LogP contribution >= 0.6 is 11.3 Å². The molecule has 0 saturated carbocycles. The van der Waals surface area contributed by atoms with Crippen molar-refractivity contribution in [3.8, 4) is 0 Å². The summed E-state index contributed by atoms with van der Waals surface area (Å²) in [5.74, 6) is -0.485. The second-order valence-corrected chi connectivity index (χ2v) is 13.4. The van der Waals surface area contributed by atoms with E-state index in [1.807, 2.05) is 29.6 Å². The van der Waals surface area contributed by atoms with Crippen LogP contribution in [0.3, 0.4) is 0 Å². The zero-order valence-corrected chi connectivity index (χ0v) is 18.1. The Morgan fingerprint density at radius 1 is 1.11 bits per heavy atom. The summed E-state index contributed by atoms with van der Waals surface area (Å²) in [6, 6.07) is 10.1. The second kappa shape index (κ2) is 7.31. The van der Waals surface area contributed by atoms with Crippen LogP contribution in [0.25, 0.3) is 0 Å². The molecule has 0 spiro atoms. The third kappa shape index (κ3) is 4.62. The van der Waals surface area contributed by atoms with Gasteiger partial charge >= 0.3 is 0 Å². The van der Waals surface area contributed by atoms with Crippen molar-refractivity contribution in [3.63, 3.8) is 0 Å². The van der Waals surface area contributed by atoms with Crippen LogP contribution in [0.15, 0.2) is 46.7 Å². The summed E-state index contributed by atoms with van der Waals surface area (Å²) in [5.41, 5.74) is 0.955. The van der Waals surface area contributed by atoms with Gasteiger partial charge < -0.3 is 5.32 Å². The third-order valence-corrected chi connectivity index (χ3v) is 9.91. The number of hydrogen-bond acceptors (Lipinski definition) is 6. The molecule has 2 heterocycles. The van der Waals surface area contributed by atoms with E-state index in [1.165, 1.54) is 0 Å². The van der Waals surface area contributed by atoms with Gasteiger partial charge in [0.15, 0.2) is 19.7 Å². The maximum Gasteiger partial charge on any atom is 0.183 e. The number of hydrogen-bond donors (Lipinski definition) is 1. The van der Waals surface area contributed by atoms with Gasteiger partial charge in [-0.1, -0.05) is 39.0 Å². The van der Waals surface area contributed by atoms with E-state index in [9.17, 15) is 16.8 Å². The molecular weight excluding hydrogens is 402 g/mol. The molecule has 2 atom stereocenters. The van der Waals surface area contributed by atoms with Crippen molar-refractivity contribution in [3.05, 3.63) is 52.2 Å². The van der Waals surface area contributed by atoms with Crippen LogP contribution in [0.2, 0.25) is 0 Å². The molecule has 0 aliphatic carbocycles. The Labute approximate surface area is 165 Å². The minimum absolute atomic E-state index is 0.0796. The third-order valence-electron chi connectivity index (χ3n) is 4.87. The molecule has 8 heteroatoms. The fourth-order valence-electron chi connectivity index (χ4n) is 3.28. The van der Waals surface area contributed by atoms with Crippen molar-refractivity contribution in [1.29, 1.82) is 0 Å². The molecule has 1 N–H and O–H groups in total. The van der Waals surface area contributed by atoms with Gasteiger partial charge in [0, 0.05) is 17.5 Å². The monoisotopic (exact) mass is 427 g/mol. The molecule has 0 amide bonds. The van der Waals surface area contributed by atoms with Crippen LogP contribution in [-0.2, 0) is 31.6 Å². The van der Waals surface area contributed by atoms with Gasteiger partial charge in [0.25, 0.3) is 0 Å². The van der Waals surface area contributed by atoms with E-state index in [1.54, 1.807) is 23.5 Å². The van der Waals surface area contributed by atoms with Gasteiger partial charge in [-0.2, -0.15) is 0 Å². The van der Waals surface area contributed by atoms with Crippen molar-refractivity contribution in [2.24, 2.45) is 0 Å². The zero-order chi connectivity index (χ0) is 19.9. The fraction of sp³-hybridized carbons (Fsp3) is 0.474. The molecule has 27 heavy (non-hydrogen) atoms. The Morgan fingerprint density at radius 2 is 1.78 bits per heavy atom. The van der Waals surface area contributed by atoms with Crippen molar-refractivity contribution in [1.82, 2.24) is 5.32 Å². The zero-order valence-electron chi connectivity index (χ0n) is 15.7. The maximum atomic E-state index is 13.2. The van der Waals surface area contributed by atoms with Crippen molar-refractivity contribution >= 4 is 31.0 Å². The van der Waals surface area contributed by atoms with E-state index >= 15 is 0 Å². The first-order valence-electron chi connectivity index (χ1n) is 8.80. The summed E-state index contributed by atoms with van der Waals surface area (Å²) in [4.78, 5) is 1.23. The summed E-state index contributed by atoms with van der Waals surface area (Å²) in [6.45, 7) is 6.65. The summed E-state index contributed by atoms with van der Waals surface area (Å²) in [5, 5.41) is 4.12. The van der Waals surface area contributed by atoms with Gasteiger partial charge in [0.05, 0.1) is 21.7 Å². The molecule has 1 saturated heterocycles. The van der Waals surface area contributed by atoms with Crippen LogP contribution in [-0.4, -0.2) is 39.6 Å². The van der Waals surface area contributed by atoms with Crippen LogP contribution in [0.5, 0.6) is 0 Å². The van der Waals surface area contributed by atoms with Crippen LogP contribution in [0.1, 0.15) is 31.2 Å². The lowest BCUT2D eigenvalue weighted by Gasteiger charge is -2.22. The first kappa shape index (κ1) is 20.5. The average molecular weight is 428 g/mol. The summed E-state index contributed by atoms with van der Waals surface area (Å²) >= 11 is 1.55. The molecule has 1 aliphatic rings. The van der Waals surface area contributed by atoms with Gasteiger partial charge in [-0.25, -0.2) is 16.8 Å². The van der Waals surface area contributed by atoms with Gasteiger partial charge in [-0.3, -0.25) is 0 Å². The number of benzene rings is 1. The second-order valence-electron chi connectivity index (χ2n) is 8.00. The minimum atomic E-state index is -3.75. The highest BCUT2D eigenvalue weighted by molar-refractivity contribution is 7.96. The normalized spacial score (nSPS) is 22.8. The van der Waals surface area contributed by atoms with E-state index < -0.39 is 31.0 Å². The molecule has 3 rings (SSSR count). The highest BCUT2D eigenvalue weighted by atomic mass is 32.2. The summed E-state index contributed by atoms with van der Waals surface area (Å²) in [7, 11) is -7.15. The molecule has 0 radical (unpaired) electrons. The maximum absolute atomic E-state index is 13.2. The highest BCUT2D eigenvalue weighted by Gasteiger charge is 2.45. The Kier molecular flexibility index (Phi) is 5.55. The van der Waals surface area contributed by atoms with Crippen molar-refractivity contribution in [2.45, 2.75) is 48.9 Å². The SMILES string of the molecule is CC(C)(C)c1ccc(S(=O)(=O)[C@H]2CS(=O)(=O)C[C@@H]2NCc2cccs2)cc1. The average Bonchev–Trinajstić information content (AvgIpc) is 3.19. The molecule has 1 aromatic carbocycles. The molecule has 1 aliphatic heterocycles. The fourth-order valence-corrected chi connectivity index (χ4v) is 8.65. The van der Waals surface area contributed by atoms with Crippen molar-refractivity contribution in [2.75, 3.05) is 11.5 Å².